The van der Waals surface area contributed by atoms with Crippen LogP contribution in [0.5, 0.6) is 5.75 Å². The Morgan fingerprint density at radius 2 is 1.75 bits per heavy atom. The number of hydrogen-bond donors (Lipinski definition) is 0. The minimum atomic E-state index is -3.67. The van der Waals surface area contributed by atoms with Gasteiger partial charge in [-0.3, -0.25) is 0 Å². The molecule has 4 nitrogen and oxygen atoms in total. The van der Waals surface area contributed by atoms with E-state index in [1.54, 1.807) is 55.8 Å². The SMILES string of the molecule is COc1cccc(Cn2cc(S(=O)(=O)c3ccccc3)c3cc(Cl)ccc32)c1. The number of hydrogen-bond acceptors (Lipinski definition) is 3. The summed E-state index contributed by atoms with van der Waals surface area (Å²) in [5.74, 6) is 0.758. The lowest BCUT2D eigenvalue weighted by Crippen LogP contribution is -2.02. The molecule has 28 heavy (non-hydrogen) atoms. The zero-order chi connectivity index (χ0) is 19.7. The van der Waals surface area contributed by atoms with Crippen molar-refractivity contribution < 1.29 is 13.2 Å². The molecule has 0 atom stereocenters. The van der Waals surface area contributed by atoms with E-state index in [0.29, 0.717) is 17.0 Å². The summed E-state index contributed by atoms with van der Waals surface area (Å²) in [7, 11) is -2.05. The molecule has 3 aromatic carbocycles. The van der Waals surface area contributed by atoms with Crippen LogP contribution >= 0.6 is 11.6 Å². The van der Waals surface area contributed by atoms with Gasteiger partial charge in [-0.25, -0.2) is 8.42 Å². The molecule has 0 aliphatic carbocycles. The van der Waals surface area contributed by atoms with Gasteiger partial charge >= 0.3 is 0 Å². The quantitative estimate of drug-likeness (QED) is 0.454. The molecular weight excluding hydrogens is 394 g/mol. The normalized spacial score (nSPS) is 11.6. The first kappa shape index (κ1) is 18.6. The van der Waals surface area contributed by atoms with Gasteiger partial charge in [-0.1, -0.05) is 41.9 Å². The van der Waals surface area contributed by atoms with E-state index in [9.17, 15) is 8.42 Å². The maximum atomic E-state index is 13.2. The molecular formula is C22H18ClNO3S. The zero-order valence-corrected chi connectivity index (χ0v) is 16.7. The third-order valence-corrected chi connectivity index (χ3v) is 6.67. The maximum absolute atomic E-state index is 13.2. The van der Waals surface area contributed by atoms with Crippen molar-refractivity contribution in [2.45, 2.75) is 16.3 Å². The molecule has 4 aromatic rings. The number of rotatable bonds is 5. The van der Waals surface area contributed by atoms with Crippen molar-refractivity contribution in [3.05, 3.63) is 89.6 Å². The smallest absolute Gasteiger partial charge is 0.208 e. The Bertz CT molecular complexity index is 1250. The van der Waals surface area contributed by atoms with Crippen molar-refractivity contribution in [1.82, 2.24) is 4.57 Å². The molecule has 0 aliphatic heterocycles. The summed E-state index contributed by atoms with van der Waals surface area (Å²) in [6, 6.07) is 21.5. The first-order valence-electron chi connectivity index (χ1n) is 8.70. The second-order valence-electron chi connectivity index (χ2n) is 6.45. The van der Waals surface area contributed by atoms with Gasteiger partial charge in [0.15, 0.2) is 0 Å². The first-order chi connectivity index (χ1) is 13.5. The lowest BCUT2D eigenvalue weighted by atomic mass is 10.2. The van der Waals surface area contributed by atoms with Crippen molar-refractivity contribution in [2.75, 3.05) is 7.11 Å². The van der Waals surface area contributed by atoms with Gasteiger partial charge < -0.3 is 9.30 Å². The third-order valence-electron chi connectivity index (χ3n) is 4.64. The number of benzene rings is 3. The van der Waals surface area contributed by atoms with Crippen LogP contribution in [-0.2, 0) is 16.4 Å². The van der Waals surface area contributed by atoms with Crippen molar-refractivity contribution >= 4 is 32.3 Å². The number of halogens is 1. The predicted molar refractivity (Wildman–Crippen MR) is 111 cm³/mol. The number of ether oxygens (including phenoxy) is 1. The molecule has 0 amide bonds. The van der Waals surface area contributed by atoms with E-state index >= 15 is 0 Å². The summed E-state index contributed by atoms with van der Waals surface area (Å²) in [6.07, 6.45) is 1.68. The highest BCUT2D eigenvalue weighted by Crippen LogP contribution is 2.32. The van der Waals surface area contributed by atoms with E-state index in [2.05, 4.69) is 0 Å². The van der Waals surface area contributed by atoms with Gasteiger partial charge in [-0.15, -0.1) is 0 Å². The molecule has 4 rings (SSSR count). The Morgan fingerprint density at radius 1 is 0.964 bits per heavy atom. The van der Waals surface area contributed by atoms with Crippen LogP contribution in [0.4, 0.5) is 0 Å². The van der Waals surface area contributed by atoms with Gasteiger partial charge in [0, 0.05) is 28.7 Å². The monoisotopic (exact) mass is 411 g/mol. The Labute approximate surface area is 168 Å². The molecule has 142 valence electrons. The molecule has 0 fully saturated rings. The second kappa shape index (κ2) is 7.34. The van der Waals surface area contributed by atoms with Gasteiger partial charge in [-0.05, 0) is 48.0 Å². The van der Waals surface area contributed by atoms with Crippen LogP contribution in [0.2, 0.25) is 5.02 Å². The second-order valence-corrected chi connectivity index (χ2v) is 8.81. The number of sulfone groups is 1. The van der Waals surface area contributed by atoms with Crippen molar-refractivity contribution in [1.29, 1.82) is 0 Å². The predicted octanol–water partition coefficient (Wildman–Crippen LogP) is 5.18. The Morgan fingerprint density at radius 3 is 2.50 bits per heavy atom. The average Bonchev–Trinajstić information content (AvgIpc) is 3.07. The number of nitrogens with zero attached hydrogens (tertiary/aromatic N) is 1. The maximum Gasteiger partial charge on any atom is 0.208 e. The minimum Gasteiger partial charge on any atom is -0.497 e. The van der Waals surface area contributed by atoms with E-state index in [1.165, 1.54) is 0 Å². The fraction of sp³-hybridized carbons (Fsp3) is 0.0909. The summed E-state index contributed by atoms with van der Waals surface area (Å²) in [5, 5.41) is 1.11. The Hall–Kier alpha value is -2.76. The molecule has 0 aliphatic rings. The van der Waals surface area contributed by atoms with E-state index < -0.39 is 9.84 Å². The highest BCUT2D eigenvalue weighted by molar-refractivity contribution is 7.91. The fourth-order valence-electron chi connectivity index (χ4n) is 3.28. The van der Waals surface area contributed by atoms with Crippen LogP contribution in [0.25, 0.3) is 10.9 Å². The average molecular weight is 412 g/mol. The number of methoxy groups -OCH3 is 1. The lowest BCUT2D eigenvalue weighted by molar-refractivity contribution is 0.414. The van der Waals surface area contributed by atoms with Gasteiger partial charge in [0.1, 0.15) is 5.75 Å². The van der Waals surface area contributed by atoms with Crippen LogP contribution in [-0.4, -0.2) is 20.1 Å². The molecule has 0 bridgehead atoms. The summed E-state index contributed by atoms with van der Waals surface area (Å²) in [6.45, 7) is 0.514. The molecule has 0 unspecified atom stereocenters. The largest absolute Gasteiger partial charge is 0.497 e. The molecule has 1 aromatic heterocycles. The number of aromatic nitrogens is 1. The standard InChI is InChI=1S/C22H18ClNO3S/c1-27-18-7-5-6-16(12-18)14-24-15-22(20-13-17(23)10-11-21(20)24)28(25,26)19-8-3-2-4-9-19/h2-13,15H,14H2,1H3. The van der Waals surface area contributed by atoms with Crippen LogP contribution < -0.4 is 4.74 Å². The summed E-state index contributed by atoms with van der Waals surface area (Å²) in [4.78, 5) is 0.509. The van der Waals surface area contributed by atoms with Crippen molar-refractivity contribution in [3.63, 3.8) is 0 Å². The molecule has 1 heterocycles. The van der Waals surface area contributed by atoms with E-state index in [0.717, 1.165) is 16.8 Å². The van der Waals surface area contributed by atoms with Crippen molar-refractivity contribution in [2.24, 2.45) is 0 Å². The van der Waals surface area contributed by atoms with Gasteiger partial charge in [0.25, 0.3) is 0 Å². The first-order valence-corrected chi connectivity index (χ1v) is 10.6. The molecule has 0 spiro atoms. The molecule has 0 N–H and O–H groups in total. The van der Waals surface area contributed by atoms with Crippen LogP contribution in [0, 0.1) is 0 Å². The summed E-state index contributed by atoms with van der Waals surface area (Å²) < 4.78 is 33.7. The molecule has 0 saturated carbocycles. The van der Waals surface area contributed by atoms with E-state index in [4.69, 9.17) is 16.3 Å². The van der Waals surface area contributed by atoms with Crippen LogP contribution in [0.3, 0.4) is 0 Å². The van der Waals surface area contributed by atoms with Crippen molar-refractivity contribution in [3.8, 4) is 5.75 Å². The van der Waals surface area contributed by atoms with E-state index in [-0.39, 0.29) is 9.79 Å². The van der Waals surface area contributed by atoms with Gasteiger partial charge in [-0.2, -0.15) is 0 Å². The zero-order valence-electron chi connectivity index (χ0n) is 15.2. The van der Waals surface area contributed by atoms with Gasteiger partial charge in [0.2, 0.25) is 9.84 Å². The Balaban J connectivity index is 1.88. The summed E-state index contributed by atoms with van der Waals surface area (Å²) in [5.41, 5.74) is 1.82. The summed E-state index contributed by atoms with van der Waals surface area (Å²) >= 11 is 6.18. The fourth-order valence-corrected chi connectivity index (χ4v) is 4.94. The topological polar surface area (TPSA) is 48.3 Å². The highest BCUT2D eigenvalue weighted by Gasteiger charge is 2.23. The van der Waals surface area contributed by atoms with Crippen LogP contribution in [0.1, 0.15) is 5.56 Å². The molecule has 0 saturated heterocycles. The van der Waals surface area contributed by atoms with E-state index in [1.807, 2.05) is 34.9 Å². The highest BCUT2D eigenvalue weighted by atomic mass is 35.5. The number of fused-ring (bicyclic) bond motifs is 1. The Kier molecular flexibility index (Phi) is 4.87. The molecule has 0 radical (unpaired) electrons. The lowest BCUT2D eigenvalue weighted by Gasteiger charge is -2.07. The van der Waals surface area contributed by atoms with Gasteiger partial charge in [0.05, 0.1) is 16.9 Å². The minimum absolute atomic E-state index is 0.249. The third kappa shape index (κ3) is 3.39. The molecule has 6 heteroatoms. The van der Waals surface area contributed by atoms with Crippen LogP contribution in [0.15, 0.2) is 88.8 Å².